The Morgan fingerprint density at radius 1 is 0.960 bits per heavy atom. The minimum atomic E-state index is -0.444. The second-order valence-electron chi connectivity index (χ2n) is 6.26. The van der Waals surface area contributed by atoms with E-state index in [0.29, 0.717) is 11.5 Å². The number of benzene rings is 2. The Bertz CT molecular complexity index is 756. The average molecular weight is 339 g/mol. The maximum Gasteiger partial charge on any atom is 0.251 e. The molecule has 0 heterocycles. The molecule has 2 aromatic carbocycles. The van der Waals surface area contributed by atoms with Crippen LogP contribution >= 0.6 is 0 Å². The molecule has 5 heteroatoms. The maximum atomic E-state index is 12.5. The lowest BCUT2D eigenvalue weighted by atomic mass is 10.0. The molecule has 0 saturated heterocycles. The van der Waals surface area contributed by atoms with Crippen LogP contribution in [0.2, 0.25) is 0 Å². The number of carbonyl (C=O) groups excluding carboxylic acids is 2. The molecule has 1 unspecified atom stereocenters. The molecule has 0 saturated carbocycles. The van der Waals surface area contributed by atoms with Crippen molar-refractivity contribution in [2.24, 2.45) is 0 Å². The standard InChI is InChI=1S/C20H25N3O2/c1-13(2)17-10-5-6-11-18(17)23-19(24)14(3)22-16-9-7-8-15(12-16)20(25)21-4/h5-14,22H,1-4H3,(H,21,25)(H,23,24). The molecule has 0 spiro atoms. The average Bonchev–Trinajstić information content (AvgIpc) is 2.61. The van der Waals surface area contributed by atoms with E-state index in [9.17, 15) is 9.59 Å². The van der Waals surface area contributed by atoms with Crippen LogP contribution in [0, 0.1) is 0 Å². The number of para-hydroxylation sites is 1. The third kappa shape index (κ3) is 4.83. The molecule has 0 radical (unpaired) electrons. The summed E-state index contributed by atoms with van der Waals surface area (Å²) in [5, 5.41) is 8.71. The molecule has 0 aromatic heterocycles. The first-order chi connectivity index (χ1) is 11.9. The molecular weight excluding hydrogens is 314 g/mol. The van der Waals surface area contributed by atoms with Crippen LogP contribution in [0.4, 0.5) is 11.4 Å². The maximum absolute atomic E-state index is 12.5. The Balaban J connectivity index is 2.07. The highest BCUT2D eigenvalue weighted by Crippen LogP contribution is 2.24. The van der Waals surface area contributed by atoms with Gasteiger partial charge < -0.3 is 16.0 Å². The van der Waals surface area contributed by atoms with E-state index in [1.165, 1.54) is 0 Å². The van der Waals surface area contributed by atoms with Crippen molar-refractivity contribution in [3.8, 4) is 0 Å². The minimum Gasteiger partial charge on any atom is -0.374 e. The highest BCUT2D eigenvalue weighted by atomic mass is 16.2. The Hall–Kier alpha value is -2.82. The van der Waals surface area contributed by atoms with Crippen LogP contribution in [-0.4, -0.2) is 24.9 Å². The molecule has 2 rings (SSSR count). The van der Waals surface area contributed by atoms with Gasteiger partial charge in [-0.25, -0.2) is 0 Å². The van der Waals surface area contributed by atoms with Gasteiger partial charge in [0.15, 0.2) is 0 Å². The summed E-state index contributed by atoms with van der Waals surface area (Å²) in [6.07, 6.45) is 0. The summed E-state index contributed by atoms with van der Waals surface area (Å²) in [5.74, 6) is 0.0362. The zero-order chi connectivity index (χ0) is 18.4. The van der Waals surface area contributed by atoms with Crippen LogP contribution in [0.15, 0.2) is 48.5 Å². The topological polar surface area (TPSA) is 70.2 Å². The van der Waals surface area contributed by atoms with E-state index < -0.39 is 6.04 Å². The van der Waals surface area contributed by atoms with E-state index in [2.05, 4.69) is 29.8 Å². The number of carbonyl (C=O) groups is 2. The Morgan fingerprint density at radius 2 is 1.68 bits per heavy atom. The summed E-state index contributed by atoms with van der Waals surface area (Å²) in [5.41, 5.74) is 3.20. The summed E-state index contributed by atoms with van der Waals surface area (Å²) in [4.78, 5) is 24.2. The van der Waals surface area contributed by atoms with Crippen molar-refractivity contribution in [3.05, 3.63) is 59.7 Å². The zero-order valence-corrected chi connectivity index (χ0v) is 15.1. The van der Waals surface area contributed by atoms with Gasteiger partial charge in [0, 0.05) is 24.0 Å². The van der Waals surface area contributed by atoms with Crippen LogP contribution in [0.1, 0.15) is 42.6 Å². The largest absolute Gasteiger partial charge is 0.374 e. The third-order valence-electron chi connectivity index (χ3n) is 3.97. The molecular formula is C20H25N3O2. The third-order valence-corrected chi connectivity index (χ3v) is 3.97. The van der Waals surface area contributed by atoms with Gasteiger partial charge in [-0.05, 0) is 42.7 Å². The fourth-order valence-corrected chi connectivity index (χ4v) is 2.57. The van der Waals surface area contributed by atoms with Crippen LogP contribution in [0.3, 0.4) is 0 Å². The second-order valence-corrected chi connectivity index (χ2v) is 6.26. The van der Waals surface area contributed by atoms with Crippen molar-refractivity contribution < 1.29 is 9.59 Å². The normalized spacial score (nSPS) is 11.7. The molecule has 0 aliphatic rings. The predicted molar refractivity (Wildman–Crippen MR) is 102 cm³/mol. The number of hydrogen-bond donors (Lipinski definition) is 3. The molecule has 0 fully saturated rings. The number of amides is 2. The molecule has 132 valence electrons. The van der Waals surface area contributed by atoms with Crippen LogP contribution in [0.5, 0.6) is 0 Å². The van der Waals surface area contributed by atoms with Crippen molar-refractivity contribution in [3.63, 3.8) is 0 Å². The molecule has 0 aliphatic carbocycles. The summed E-state index contributed by atoms with van der Waals surface area (Å²) < 4.78 is 0. The molecule has 2 aromatic rings. The minimum absolute atomic E-state index is 0.126. The van der Waals surface area contributed by atoms with E-state index in [1.54, 1.807) is 32.2 Å². The Kier molecular flexibility index (Phi) is 6.17. The molecule has 0 bridgehead atoms. The lowest BCUT2D eigenvalue weighted by molar-refractivity contribution is -0.116. The van der Waals surface area contributed by atoms with Gasteiger partial charge in [-0.15, -0.1) is 0 Å². The first kappa shape index (κ1) is 18.5. The van der Waals surface area contributed by atoms with Gasteiger partial charge in [0.2, 0.25) is 5.91 Å². The molecule has 3 N–H and O–H groups in total. The van der Waals surface area contributed by atoms with E-state index in [0.717, 1.165) is 16.9 Å². The van der Waals surface area contributed by atoms with Gasteiger partial charge in [-0.1, -0.05) is 38.1 Å². The molecule has 25 heavy (non-hydrogen) atoms. The van der Waals surface area contributed by atoms with E-state index in [4.69, 9.17) is 0 Å². The highest BCUT2D eigenvalue weighted by Gasteiger charge is 2.16. The van der Waals surface area contributed by atoms with Crippen LogP contribution in [0.25, 0.3) is 0 Å². The quantitative estimate of drug-likeness (QED) is 0.753. The van der Waals surface area contributed by atoms with Crippen molar-refractivity contribution in [1.29, 1.82) is 0 Å². The number of rotatable bonds is 6. The first-order valence-corrected chi connectivity index (χ1v) is 8.41. The van der Waals surface area contributed by atoms with Gasteiger partial charge >= 0.3 is 0 Å². The lowest BCUT2D eigenvalue weighted by Gasteiger charge is -2.18. The van der Waals surface area contributed by atoms with E-state index in [-0.39, 0.29) is 11.8 Å². The molecule has 2 amide bonds. The lowest BCUT2D eigenvalue weighted by Crippen LogP contribution is -2.32. The number of hydrogen-bond acceptors (Lipinski definition) is 3. The molecule has 5 nitrogen and oxygen atoms in total. The monoisotopic (exact) mass is 339 g/mol. The van der Waals surface area contributed by atoms with Gasteiger partial charge in [-0.2, -0.15) is 0 Å². The Labute approximate surface area is 148 Å². The van der Waals surface area contributed by atoms with Crippen molar-refractivity contribution in [1.82, 2.24) is 5.32 Å². The van der Waals surface area contributed by atoms with Gasteiger partial charge in [-0.3, -0.25) is 9.59 Å². The fraction of sp³-hybridized carbons (Fsp3) is 0.300. The van der Waals surface area contributed by atoms with Gasteiger partial charge in [0.05, 0.1) is 0 Å². The van der Waals surface area contributed by atoms with Crippen molar-refractivity contribution in [2.75, 3.05) is 17.7 Å². The van der Waals surface area contributed by atoms with Crippen molar-refractivity contribution >= 4 is 23.2 Å². The fourth-order valence-electron chi connectivity index (χ4n) is 2.57. The Morgan fingerprint density at radius 3 is 2.36 bits per heavy atom. The van der Waals surface area contributed by atoms with Gasteiger partial charge in [0.1, 0.15) is 6.04 Å². The van der Waals surface area contributed by atoms with E-state index in [1.807, 2.05) is 30.3 Å². The molecule has 0 aliphatic heterocycles. The number of anilines is 2. The predicted octanol–water partition coefficient (Wildman–Crippen LogP) is 3.61. The first-order valence-electron chi connectivity index (χ1n) is 8.41. The van der Waals surface area contributed by atoms with Gasteiger partial charge in [0.25, 0.3) is 5.91 Å². The zero-order valence-electron chi connectivity index (χ0n) is 15.1. The SMILES string of the molecule is CNC(=O)c1cccc(NC(C)C(=O)Nc2ccccc2C(C)C)c1. The second kappa shape index (κ2) is 8.33. The molecule has 1 atom stereocenters. The summed E-state index contributed by atoms with van der Waals surface area (Å²) >= 11 is 0. The van der Waals surface area contributed by atoms with Crippen molar-refractivity contribution in [2.45, 2.75) is 32.7 Å². The van der Waals surface area contributed by atoms with Crippen LogP contribution < -0.4 is 16.0 Å². The smallest absolute Gasteiger partial charge is 0.251 e. The summed E-state index contributed by atoms with van der Waals surface area (Å²) in [6, 6.07) is 14.4. The summed E-state index contributed by atoms with van der Waals surface area (Å²) in [7, 11) is 1.59. The van der Waals surface area contributed by atoms with E-state index >= 15 is 0 Å². The summed E-state index contributed by atoms with van der Waals surface area (Å²) in [6.45, 7) is 5.98. The number of nitrogens with one attached hydrogen (secondary N) is 3. The highest BCUT2D eigenvalue weighted by molar-refractivity contribution is 5.98. The van der Waals surface area contributed by atoms with Crippen LogP contribution in [-0.2, 0) is 4.79 Å².